The lowest BCUT2D eigenvalue weighted by Gasteiger charge is -2.28. The maximum Gasteiger partial charge on any atom is 0.0239 e. The van der Waals surface area contributed by atoms with Gasteiger partial charge in [-0.05, 0) is 31.4 Å². The van der Waals surface area contributed by atoms with E-state index >= 15 is 0 Å². The third-order valence-electron chi connectivity index (χ3n) is 4.27. The Hall–Kier alpha value is -0.860. The maximum atomic E-state index is 3.54. The average molecular weight is 216 g/mol. The molecule has 2 unspecified atom stereocenters. The molecule has 1 saturated carbocycles. The van der Waals surface area contributed by atoms with E-state index in [1.54, 1.807) is 0 Å². The van der Waals surface area contributed by atoms with Crippen molar-refractivity contribution in [1.82, 2.24) is 10.2 Å². The summed E-state index contributed by atoms with van der Waals surface area (Å²) in [7, 11) is 0. The first-order valence-corrected chi connectivity index (χ1v) is 6.29. The molecular formula is C14H20N2. The minimum absolute atomic E-state index is 0.472. The normalized spacial score (nSPS) is 34.2. The van der Waals surface area contributed by atoms with Crippen LogP contribution in [0.3, 0.4) is 0 Å². The van der Waals surface area contributed by atoms with Gasteiger partial charge in [-0.1, -0.05) is 30.3 Å². The first kappa shape index (κ1) is 10.3. The number of rotatable bonds is 2. The Labute approximate surface area is 97.6 Å². The van der Waals surface area contributed by atoms with Crippen molar-refractivity contribution in [2.45, 2.75) is 25.4 Å². The Kier molecular flexibility index (Phi) is 2.49. The summed E-state index contributed by atoms with van der Waals surface area (Å²) in [6.07, 6.45) is 1.37. The maximum absolute atomic E-state index is 3.54. The molecule has 0 amide bonds. The van der Waals surface area contributed by atoms with Gasteiger partial charge in [0.25, 0.3) is 0 Å². The highest BCUT2D eigenvalue weighted by molar-refractivity contribution is 5.17. The largest absolute Gasteiger partial charge is 0.315 e. The van der Waals surface area contributed by atoms with Crippen molar-refractivity contribution in [3.63, 3.8) is 0 Å². The number of nitrogens with one attached hydrogen (secondary N) is 1. The third kappa shape index (κ3) is 1.76. The van der Waals surface area contributed by atoms with Crippen LogP contribution in [0.25, 0.3) is 0 Å². The van der Waals surface area contributed by atoms with Gasteiger partial charge in [0.15, 0.2) is 0 Å². The van der Waals surface area contributed by atoms with E-state index in [1.807, 2.05) is 0 Å². The zero-order valence-corrected chi connectivity index (χ0v) is 9.95. The number of hydrogen-bond acceptors (Lipinski definition) is 2. The van der Waals surface area contributed by atoms with Crippen LogP contribution in [0.2, 0.25) is 0 Å². The van der Waals surface area contributed by atoms with Gasteiger partial charge in [-0.15, -0.1) is 0 Å². The van der Waals surface area contributed by atoms with Crippen LogP contribution >= 0.6 is 0 Å². The smallest absolute Gasteiger partial charge is 0.0239 e. The van der Waals surface area contributed by atoms with Gasteiger partial charge in [0.05, 0.1) is 0 Å². The van der Waals surface area contributed by atoms with E-state index in [0.29, 0.717) is 5.54 Å². The first-order valence-electron chi connectivity index (χ1n) is 6.29. The topological polar surface area (TPSA) is 15.3 Å². The monoisotopic (exact) mass is 216 g/mol. The molecule has 2 atom stereocenters. The molecule has 16 heavy (non-hydrogen) atoms. The highest BCUT2D eigenvalue weighted by Crippen LogP contribution is 2.48. The Bertz CT molecular complexity index is 362. The Morgan fingerprint density at radius 3 is 3.00 bits per heavy atom. The third-order valence-corrected chi connectivity index (χ3v) is 4.27. The predicted molar refractivity (Wildman–Crippen MR) is 66.2 cm³/mol. The summed E-state index contributed by atoms with van der Waals surface area (Å²) in [5, 5.41) is 3.54. The molecule has 1 aliphatic carbocycles. The lowest BCUT2D eigenvalue weighted by molar-refractivity contribution is 0.182. The van der Waals surface area contributed by atoms with E-state index in [0.717, 1.165) is 19.0 Å². The van der Waals surface area contributed by atoms with Crippen molar-refractivity contribution in [3.05, 3.63) is 35.9 Å². The van der Waals surface area contributed by atoms with Crippen molar-refractivity contribution in [2.75, 3.05) is 19.6 Å². The minimum Gasteiger partial charge on any atom is -0.315 e. The van der Waals surface area contributed by atoms with Gasteiger partial charge in [-0.2, -0.15) is 0 Å². The van der Waals surface area contributed by atoms with Crippen LogP contribution < -0.4 is 5.32 Å². The Morgan fingerprint density at radius 1 is 1.38 bits per heavy atom. The molecule has 1 heterocycles. The van der Waals surface area contributed by atoms with E-state index < -0.39 is 0 Å². The molecular weight excluding hydrogens is 196 g/mol. The van der Waals surface area contributed by atoms with Gasteiger partial charge in [-0.25, -0.2) is 0 Å². The van der Waals surface area contributed by atoms with Crippen molar-refractivity contribution >= 4 is 0 Å². The molecule has 1 aromatic rings. The SMILES string of the molecule is CC12CC1CNCCN2Cc1ccccc1. The highest BCUT2D eigenvalue weighted by atomic mass is 15.3. The van der Waals surface area contributed by atoms with E-state index in [2.05, 4.69) is 47.5 Å². The second-order valence-electron chi connectivity index (χ2n) is 5.37. The zero-order valence-electron chi connectivity index (χ0n) is 9.95. The van der Waals surface area contributed by atoms with Crippen LogP contribution in [0.5, 0.6) is 0 Å². The molecule has 0 aromatic heterocycles. The van der Waals surface area contributed by atoms with Crippen LogP contribution in [0.1, 0.15) is 18.9 Å². The highest BCUT2D eigenvalue weighted by Gasteiger charge is 2.54. The summed E-state index contributed by atoms with van der Waals surface area (Å²) < 4.78 is 0. The van der Waals surface area contributed by atoms with Crippen molar-refractivity contribution in [3.8, 4) is 0 Å². The average Bonchev–Trinajstić information content (AvgIpc) is 2.97. The Morgan fingerprint density at radius 2 is 2.19 bits per heavy atom. The van der Waals surface area contributed by atoms with Crippen LogP contribution in [-0.4, -0.2) is 30.1 Å². The van der Waals surface area contributed by atoms with Crippen LogP contribution in [0, 0.1) is 5.92 Å². The first-order chi connectivity index (χ1) is 7.79. The molecule has 0 spiro atoms. The minimum atomic E-state index is 0.472. The van der Waals surface area contributed by atoms with Crippen molar-refractivity contribution in [1.29, 1.82) is 0 Å². The molecule has 0 bridgehead atoms. The summed E-state index contributed by atoms with van der Waals surface area (Å²) in [4.78, 5) is 2.66. The molecule has 0 radical (unpaired) electrons. The van der Waals surface area contributed by atoms with Crippen LogP contribution in [-0.2, 0) is 6.54 Å². The fraction of sp³-hybridized carbons (Fsp3) is 0.571. The van der Waals surface area contributed by atoms with Crippen molar-refractivity contribution in [2.24, 2.45) is 5.92 Å². The molecule has 2 heteroatoms. The molecule has 86 valence electrons. The zero-order chi connectivity index (χ0) is 11.0. The summed E-state index contributed by atoms with van der Waals surface area (Å²) >= 11 is 0. The van der Waals surface area contributed by atoms with Gasteiger partial charge < -0.3 is 5.32 Å². The summed E-state index contributed by atoms with van der Waals surface area (Å²) in [6.45, 7) is 7.06. The number of hydrogen-bond donors (Lipinski definition) is 1. The van der Waals surface area contributed by atoms with E-state index in [9.17, 15) is 0 Å². The number of nitrogens with zero attached hydrogens (tertiary/aromatic N) is 1. The molecule has 3 rings (SSSR count). The van der Waals surface area contributed by atoms with Gasteiger partial charge in [0, 0.05) is 25.2 Å². The van der Waals surface area contributed by atoms with Gasteiger partial charge in [0.2, 0.25) is 0 Å². The van der Waals surface area contributed by atoms with Gasteiger partial charge in [0.1, 0.15) is 0 Å². The molecule has 2 aliphatic rings. The standard InChI is InChI=1S/C14H20N2/c1-14-9-13(14)10-15-7-8-16(14)11-12-5-3-2-4-6-12/h2-6,13,15H,7-11H2,1H3. The van der Waals surface area contributed by atoms with E-state index in [4.69, 9.17) is 0 Å². The quantitative estimate of drug-likeness (QED) is 0.812. The predicted octanol–water partition coefficient (Wildman–Crippen LogP) is 1.87. The molecule has 1 N–H and O–H groups in total. The van der Waals surface area contributed by atoms with Gasteiger partial charge >= 0.3 is 0 Å². The number of benzene rings is 1. The molecule has 2 nitrogen and oxygen atoms in total. The fourth-order valence-electron chi connectivity index (χ4n) is 2.93. The van der Waals surface area contributed by atoms with E-state index in [1.165, 1.54) is 25.1 Å². The molecule has 2 fully saturated rings. The van der Waals surface area contributed by atoms with E-state index in [-0.39, 0.29) is 0 Å². The van der Waals surface area contributed by atoms with Crippen molar-refractivity contribution < 1.29 is 0 Å². The summed E-state index contributed by atoms with van der Waals surface area (Å²) in [6, 6.07) is 10.8. The molecule has 1 aromatic carbocycles. The fourth-order valence-corrected chi connectivity index (χ4v) is 2.93. The van der Waals surface area contributed by atoms with Gasteiger partial charge in [-0.3, -0.25) is 4.90 Å². The summed E-state index contributed by atoms with van der Waals surface area (Å²) in [5.41, 5.74) is 1.91. The molecule has 1 aliphatic heterocycles. The van der Waals surface area contributed by atoms with Crippen LogP contribution in [0.4, 0.5) is 0 Å². The lowest BCUT2D eigenvalue weighted by Crippen LogP contribution is -2.37. The Balaban J connectivity index is 1.74. The second-order valence-corrected chi connectivity index (χ2v) is 5.37. The summed E-state index contributed by atoms with van der Waals surface area (Å²) in [5.74, 6) is 0.874. The lowest BCUT2D eigenvalue weighted by atomic mass is 10.1. The molecule has 1 saturated heterocycles. The number of fused-ring (bicyclic) bond motifs is 1. The second kappa shape index (κ2) is 3.86. The van der Waals surface area contributed by atoms with Crippen LogP contribution in [0.15, 0.2) is 30.3 Å².